The molecule has 1 aliphatic rings. The lowest BCUT2D eigenvalue weighted by Crippen LogP contribution is -2.43. The third kappa shape index (κ3) is 4.84. The summed E-state index contributed by atoms with van der Waals surface area (Å²) in [6.07, 6.45) is 2.35. The van der Waals surface area contributed by atoms with E-state index in [1.54, 1.807) is 0 Å². The van der Waals surface area contributed by atoms with Crippen molar-refractivity contribution in [2.45, 2.75) is 33.6 Å². The van der Waals surface area contributed by atoms with Crippen LogP contribution in [0.2, 0.25) is 0 Å². The predicted molar refractivity (Wildman–Crippen MR) is 74.5 cm³/mol. The molecular weight excluding hydrogens is 236 g/mol. The van der Waals surface area contributed by atoms with Crippen LogP contribution in [-0.4, -0.2) is 37.5 Å². The first kappa shape index (κ1) is 16.7. The van der Waals surface area contributed by atoms with E-state index in [1.807, 2.05) is 18.9 Å². The Morgan fingerprint density at radius 2 is 1.82 bits per heavy atom. The minimum Gasteiger partial charge on any atom is -0.342 e. The molecule has 17 heavy (non-hydrogen) atoms. The monoisotopic (exact) mass is 262 g/mol. The van der Waals surface area contributed by atoms with Gasteiger partial charge in [0.1, 0.15) is 0 Å². The fraction of sp³-hybridized carbons (Fsp3) is 0.923. The number of amides is 1. The number of nitrogens with one attached hydrogen (secondary N) is 1. The Morgan fingerprint density at radius 1 is 1.29 bits per heavy atom. The highest BCUT2D eigenvalue weighted by molar-refractivity contribution is 5.85. The summed E-state index contributed by atoms with van der Waals surface area (Å²) in [5, 5.41) is 3.07. The fourth-order valence-electron chi connectivity index (χ4n) is 2.49. The van der Waals surface area contributed by atoms with Gasteiger partial charge < -0.3 is 10.2 Å². The average Bonchev–Trinajstić information content (AvgIpc) is 2.28. The van der Waals surface area contributed by atoms with Gasteiger partial charge in [0, 0.05) is 25.6 Å². The minimum absolute atomic E-state index is 0. The molecule has 102 valence electrons. The van der Waals surface area contributed by atoms with Crippen molar-refractivity contribution >= 4 is 18.3 Å². The summed E-state index contributed by atoms with van der Waals surface area (Å²) in [5.41, 5.74) is 0. The molecule has 1 fully saturated rings. The van der Waals surface area contributed by atoms with Crippen LogP contribution in [0.15, 0.2) is 0 Å². The second-order valence-corrected chi connectivity index (χ2v) is 5.37. The Labute approximate surface area is 112 Å². The Hall–Kier alpha value is -0.280. The van der Waals surface area contributed by atoms with E-state index >= 15 is 0 Å². The van der Waals surface area contributed by atoms with Gasteiger partial charge >= 0.3 is 0 Å². The molecule has 1 N–H and O–H groups in total. The van der Waals surface area contributed by atoms with E-state index in [9.17, 15) is 4.79 Å². The van der Waals surface area contributed by atoms with Crippen LogP contribution in [0, 0.1) is 17.8 Å². The van der Waals surface area contributed by atoms with Gasteiger partial charge in [-0.1, -0.05) is 20.8 Å². The summed E-state index contributed by atoms with van der Waals surface area (Å²) in [6, 6.07) is 0. The van der Waals surface area contributed by atoms with Gasteiger partial charge in [-0.3, -0.25) is 4.79 Å². The van der Waals surface area contributed by atoms with Crippen molar-refractivity contribution in [2.75, 3.05) is 26.7 Å². The van der Waals surface area contributed by atoms with E-state index in [0.29, 0.717) is 5.91 Å². The SMILES string of the molecule is CNCC(C)C(=O)N1CCC(C(C)C)CC1.Cl. The topological polar surface area (TPSA) is 32.3 Å². The van der Waals surface area contributed by atoms with Crippen LogP contribution in [0.4, 0.5) is 0 Å². The van der Waals surface area contributed by atoms with Crippen LogP contribution in [0.1, 0.15) is 33.6 Å². The van der Waals surface area contributed by atoms with Crippen LogP contribution in [-0.2, 0) is 4.79 Å². The lowest BCUT2D eigenvalue weighted by molar-refractivity contribution is -0.136. The number of carbonyl (C=O) groups excluding carboxylic acids is 1. The molecule has 3 nitrogen and oxygen atoms in total. The van der Waals surface area contributed by atoms with Crippen molar-refractivity contribution < 1.29 is 4.79 Å². The summed E-state index contributed by atoms with van der Waals surface area (Å²) in [6.45, 7) is 9.26. The first-order valence-electron chi connectivity index (χ1n) is 6.49. The third-order valence-corrected chi connectivity index (χ3v) is 3.73. The molecule has 1 amide bonds. The highest BCUT2D eigenvalue weighted by Crippen LogP contribution is 2.25. The maximum Gasteiger partial charge on any atom is 0.226 e. The molecule has 4 heteroatoms. The summed E-state index contributed by atoms with van der Waals surface area (Å²) < 4.78 is 0. The molecule has 1 atom stereocenters. The zero-order chi connectivity index (χ0) is 12.1. The zero-order valence-electron chi connectivity index (χ0n) is 11.5. The van der Waals surface area contributed by atoms with E-state index in [-0.39, 0.29) is 18.3 Å². The highest BCUT2D eigenvalue weighted by atomic mass is 35.5. The smallest absolute Gasteiger partial charge is 0.226 e. The number of nitrogens with zero attached hydrogens (tertiary/aromatic N) is 1. The first-order chi connectivity index (χ1) is 7.56. The molecule has 0 aromatic heterocycles. The first-order valence-corrected chi connectivity index (χ1v) is 6.49. The Kier molecular flexibility index (Phi) is 7.80. The molecule has 0 spiro atoms. The van der Waals surface area contributed by atoms with E-state index < -0.39 is 0 Å². The number of likely N-dealkylation sites (tertiary alicyclic amines) is 1. The quantitative estimate of drug-likeness (QED) is 0.842. The van der Waals surface area contributed by atoms with E-state index in [4.69, 9.17) is 0 Å². The number of halogens is 1. The zero-order valence-corrected chi connectivity index (χ0v) is 12.3. The van der Waals surface area contributed by atoms with Gasteiger partial charge in [0.2, 0.25) is 5.91 Å². The van der Waals surface area contributed by atoms with E-state index in [1.165, 1.54) is 12.8 Å². The van der Waals surface area contributed by atoms with Crippen molar-refractivity contribution in [2.24, 2.45) is 17.8 Å². The van der Waals surface area contributed by atoms with Crippen molar-refractivity contribution in [3.05, 3.63) is 0 Å². The lowest BCUT2D eigenvalue weighted by atomic mass is 9.86. The van der Waals surface area contributed by atoms with Crippen molar-refractivity contribution in [3.63, 3.8) is 0 Å². The van der Waals surface area contributed by atoms with Crippen molar-refractivity contribution in [3.8, 4) is 0 Å². The maximum absolute atomic E-state index is 12.1. The molecule has 1 unspecified atom stereocenters. The Balaban J connectivity index is 0.00000256. The number of rotatable bonds is 4. The van der Waals surface area contributed by atoms with Crippen LogP contribution >= 0.6 is 12.4 Å². The van der Waals surface area contributed by atoms with Gasteiger partial charge in [0.15, 0.2) is 0 Å². The minimum atomic E-state index is 0. The molecular formula is C13H27ClN2O. The van der Waals surface area contributed by atoms with Gasteiger partial charge in [-0.2, -0.15) is 0 Å². The number of carbonyl (C=O) groups is 1. The molecule has 0 bridgehead atoms. The second kappa shape index (κ2) is 7.93. The van der Waals surface area contributed by atoms with Crippen LogP contribution in [0.5, 0.6) is 0 Å². The molecule has 1 aliphatic heterocycles. The fourth-order valence-corrected chi connectivity index (χ4v) is 2.49. The molecule has 0 saturated carbocycles. The molecule has 1 rings (SSSR count). The Morgan fingerprint density at radius 3 is 2.24 bits per heavy atom. The molecule has 1 saturated heterocycles. The molecule has 0 radical (unpaired) electrons. The summed E-state index contributed by atoms with van der Waals surface area (Å²) in [4.78, 5) is 14.1. The summed E-state index contributed by atoms with van der Waals surface area (Å²) >= 11 is 0. The number of hydrogen-bond acceptors (Lipinski definition) is 2. The Bertz CT molecular complexity index is 225. The molecule has 0 aliphatic carbocycles. The standard InChI is InChI=1S/C13H26N2O.ClH/c1-10(2)12-5-7-15(8-6-12)13(16)11(3)9-14-4;/h10-12,14H,5-9H2,1-4H3;1H. The maximum atomic E-state index is 12.1. The van der Waals surface area contributed by atoms with Gasteiger partial charge in [0.05, 0.1) is 0 Å². The van der Waals surface area contributed by atoms with E-state index in [0.717, 1.165) is 31.5 Å². The summed E-state index contributed by atoms with van der Waals surface area (Å²) in [5.74, 6) is 1.99. The normalized spacial score (nSPS) is 19.0. The van der Waals surface area contributed by atoms with Crippen molar-refractivity contribution in [1.82, 2.24) is 10.2 Å². The van der Waals surface area contributed by atoms with Crippen LogP contribution in [0.25, 0.3) is 0 Å². The largest absolute Gasteiger partial charge is 0.342 e. The summed E-state index contributed by atoms with van der Waals surface area (Å²) in [7, 11) is 1.90. The van der Waals surface area contributed by atoms with Gasteiger partial charge in [-0.15, -0.1) is 12.4 Å². The number of piperidine rings is 1. The molecule has 0 aromatic rings. The molecule has 1 heterocycles. The average molecular weight is 263 g/mol. The molecule has 0 aromatic carbocycles. The predicted octanol–water partition coefficient (Wildman–Crippen LogP) is 2.16. The van der Waals surface area contributed by atoms with Crippen LogP contribution < -0.4 is 5.32 Å². The van der Waals surface area contributed by atoms with Gasteiger partial charge in [-0.05, 0) is 31.7 Å². The third-order valence-electron chi connectivity index (χ3n) is 3.73. The van der Waals surface area contributed by atoms with Crippen molar-refractivity contribution in [1.29, 1.82) is 0 Å². The second-order valence-electron chi connectivity index (χ2n) is 5.37. The highest BCUT2D eigenvalue weighted by Gasteiger charge is 2.26. The van der Waals surface area contributed by atoms with Gasteiger partial charge in [-0.25, -0.2) is 0 Å². The van der Waals surface area contributed by atoms with Crippen LogP contribution in [0.3, 0.4) is 0 Å². The van der Waals surface area contributed by atoms with E-state index in [2.05, 4.69) is 19.2 Å². The lowest BCUT2D eigenvalue weighted by Gasteiger charge is -2.35. The number of hydrogen-bond donors (Lipinski definition) is 1. The van der Waals surface area contributed by atoms with Gasteiger partial charge in [0.25, 0.3) is 0 Å².